The van der Waals surface area contributed by atoms with E-state index >= 15 is 0 Å². The molecule has 0 bridgehead atoms. The van der Waals surface area contributed by atoms with Gasteiger partial charge in [-0.3, -0.25) is 15.0 Å². The van der Waals surface area contributed by atoms with Crippen molar-refractivity contribution in [2.45, 2.75) is 80.7 Å². The second kappa shape index (κ2) is 37.3. The summed E-state index contributed by atoms with van der Waals surface area (Å²) in [5.74, 6) is 3.40. The van der Waals surface area contributed by atoms with Crippen molar-refractivity contribution in [2.24, 2.45) is 21.1 Å². The summed E-state index contributed by atoms with van der Waals surface area (Å²) in [6.45, 7) is 28.3. The van der Waals surface area contributed by atoms with E-state index < -0.39 is 16.9 Å². The first-order valence-electron chi connectivity index (χ1n) is 33.7. The molecule has 0 fully saturated rings. The molecule has 18 aromatic rings. The van der Waals surface area contributed by atoms with E-state index in [0.717, 1.165) is 120 Å². The topological polar surface area (TPSA) is 232 Å². The van der Waals surface area contributed by atoms with Gasteiger partial charge in [0.15, 0.2) is 0 Å². The molecule has 5 radical (unpaired) electrons. The van der Waals surface area contributed by atoms with Gasteiger partial charge < -0.3 is 36.8 Å². The van der Waals surface area contributed by atoms with Gasteiger partial charge in [-0.2, -0.15) is 46.2 Å². The summed E-state index contributed by atoms with van der Waals surface area (Å²) in [6, 6.07) is 51.1. The Morgan fingerprint density at radius 3 is 1.58 bits per heavy atom. The van der Waals surface area contributed by atoms with Gasteiger partial charge in [-0.25, -0.2) is 13.8 Å². The number of aryl methyl sites for hydroxylation is 8. The first kappa shape index (κ1) is 87.6. The quantitative estimate of drug-likeness (QED) is 0.122. The normalized spacial score (nSPS) is 10.9. The number of rotatable bonds is 9. The Morgan fingerprint density at radius 1 is 0.451 bits per heavy atom. The zero-order chi connectivity index (χ0) is 75.8. The molecule has 18 rings (SSSR count). The average molecular weight is 2450 g/mol. The summed E-state index contributed by atoms with van der Waals surface area (Å²) in [6.07, 6.45) is 9.81. The SMILES string of the molecule is Cc1ccccc1-n1cnnc1-c1[c-]cc2c(c1)nc(C)n2C.Cc1nc2cc(-c3nncn3C(C)(C)C)[c-]cc2s1.Cn1cnc2cc(-c3nncn3-c3c(F)cccc3F)[c-]cc21.Cn1cnnc1-c1[c-]cc2sc(F)nc2c1.[C-]#[N+]c1nc2c[c-]c(-c3nncn3-c3c(C)cc(C(C)C)cc3C)cc2s1.[Ir].[Ir].[Ir].[Ir].[Ir]. The third-order valence-electron chi connectivity index (χ3n) is 17.6. The molecular formula is C79H65F3Ir5N23S3-5. The molecule has 585 valence electrons. The Balaban J connectivity index is 0.000000162. The van der Waals surface area contributed by atoms with Crippen molar-refractivity contribution in [3.05, 3.63) is 245 Å². The van der Waals surface area contributed by atoms with Crippen LogP contribution >= 0.6 is 34.0 Å². The van der Waals surface area contributed by atoms with Gasteiger partial charge in [-0.05, 0) is 132 Å². The molecular weight excluding hydrogens is 2390 g/mol. The minimum Gasteiger partial charge on any atom is -0.373 e. The zero-order valence-electron chi connectivity index (χ0n) is 62.3. The number of thiazole rings is 3. The van der Waals surface area contributed by atoms with Gasteiger partial charge in [0, 0.05) is 155 Å². The maximum absolute atomic E-state index is 14.0. The predicted octanol–water partition coefficient (Wildman–Crippen LogP) is 17.2. The first-order valence-corrected chi connectivity index (χ1v) is 36.1. The molecule has 0 aliphatic heterocycles. The van der Waals surface area contributed by atoms with Crippen molar-refractivity contribution >= 4 is 91.9 Å². The van der Waals surface area contributed by atoms with Gasteiger partial charge >= 0.3 is 5.13 Å². The van der Waals surface area contributed by atoms with Crippen LogP contribution in [0.5, 0.6) is 0 Å². The standard InChI is InChI=1S/C21H18N5S.C18H16N5.C16H10F2N5.C14H15N4S.C10H6FN4S.5Ir/c1-12(2)16-8-13(3)19(14(4)9-16)26-11-23-25-20(26)15-6-7-17-18(10-15)27-21(22-5)24-17;1-12-6-4-5-7-16(12)23-11-19-21-18(23)14-8-9-17-15(10-14)20-13(2)22(17)3;1-22-8-19-13-7-10(5-6-14(13)22)16-21-20-9-23(16)15-11(17)3-2-4-12(15)18;1-9-16-11-7-10(5-6-12(11)19-9)13-17-15-8-18(13)14(2,3)4;1-15-5-12-14-9(15)6-2-3-8-7(4-6)13-10(11)16-8;;;;;/h7-12H,1-4H3;4-7,9-11H,1-3H3;2-4,6-9H,1H3;6-8H,1-4H3;3-5H,1H3;;;;;/q5*-1;;;;;. The van der Waals surface area contributed by atoms with Crippen molar-refractivity contribution in [1.82, 2.24) is 108 Å². The molecule has 0 aliphatic rings. The van der Waals surface area contributed by atoms with Crippen LogP contribution in [0.15, 0.2) is 153 Å². The van der Waals surface area contributed by atoms with Crippen LogP contribution in [0.1, 0.15) is 73.6 Å². The molecule has 23 nitrogen and oxygen atoms in total. The number of fused-ring (bicyclic) bond motifs is 5. The van der Waals surface area contributed by atoms with Gasteiger partial charge in [-0.15, -0.1) is 161 Å². The summed E-state index contributed by atoms with van der Waals surface area (Å²) in [5.41, 5.74) is 16.8. The summed E-state index contributed by atoms with van der Waals surface area (Å²) < 4.78 is 56.9. The van der Waals surface area contributed by atoms with Crippen LogP contribution in [0.2, 0.25) is 0 Å². The van der Waals surface area contributed by atoms with Crippen LogP contribution in [0, 0.1) is 88.4 Å². The van der Waals surface area contributed by atoms with E-state index in [1.165, 1.54) is 62.7 Å². The molecule has 0 saturated carbocycles. The van der Waals surface area contributed by atoms with Crippen LogP contribution in [0.25, 0.3) is 132 Å². The third-order valence-corrected chi connectivity index (χ3v) is 20.3. The van der Waals surface area contributed by atoms with E-state index in [2.05, 4.69) is 200 Å². The fourth-order valence-corrected chi connectivity index (χ4v) is 14.4. The third kappa shape index (κ3) is 18.7. The molecule has 113 heavy (non-hydrogen) atoms. The Bertz CT molecular complexity index is 6370. The van der Waals surface area contributed by atoms with Gasteiger partial charge in [0.25, 0.3) is 5.26 Å². The minimum atomic E-state index is -0.690. The van der Waals surface area contributed by atoms with Crippen LogP contribution in [-0.2, 0) is 127 Å². The molecule has 0 amide bonds. The van der Waals surface area contributed by atoms with E-state index in [0.29, 0.717) is 33.8 Å². The van der Waals surface area contributed by atoms with E-state index in [1.807, 2.05) is 97.2 Å². The molecule has 0 atom stereocenters. The van der Waals surface area contributed by atoms with Gasteiger partial charge in [0.1, 0.15) is 49.0 Å². The number of para-hydroxylation sites is 2. The van der Waals surface area contributed by atoms with Crippen molar-refractivity contribution < 1.29 is 114 Å². The van der Waals surface area contributed by atoms with Gasteiger partial charge in [0.2, 0.25) is 0 Å². The summed E-state index contributed by atoms with van der Waals surface area (Å²) in [5, 5.41) is 41.7. The minimum absolute atomic E-state index is 0. The van der Waals surface area contributed by atoms with Crippen LogP contribution in [-0.4, -0.2) is 108 Å². The second-order valence-electron chi connectivity index (χ2n) is 26.5. The number of aromatic nitrogens is 22. The molecule has 0 spiro atoms. The fourth-order valence-electron chi connectivity index (χ4n) is 12.2. The summed E-state index contributed by atoms with van der Waals surface area (Å²) in [4.78, 5) is 24.9. The van der Waals surface area contributed by atoms with E-state index in [4.69, 9.17) is 6.57 Å². The van der Waals surface area contributed by atoms with Crippen LogP contribution < -0.4 is 0 Å². The second-order valence-corrected chi connectivity index (χ2v) is 29.7. The molecule has 0 aliphatic carbocycles. The molecule has 0 unspecified atom stereocenters. The van der Waals surface area contributed by atoms with Crippen molar-refractivity contribution in [2.75, 3.05) is 0 Å². The molecule has 34 heteroatoms. The maximum atomic E-state index is 14.0. The molecule has 10 aromatic heterocycles. The Labute approximate surface area is 727 Å². The molecule has 0 N–H and O–H groups in total. The molecule has 8 aromatic carbocycles. The fraction of sp³-hybridized carbons (Fsp3) is 0.190. The van der Waals surface area contributed by atoms with Gasteiger partial charge in [0.05, 0.1) is 51.8 Å². The molecule has 10 heterocycles. The van der Waals surface area contributed by atoms with Gasteiger partial charge in [-0.1, -0.05) is 62.9 Å². The number of nitrogens with zero attached hydrogens (tertiary/aromatic N) is 23. The Kier molecular flexibility index (Phi) is 28.9. The van der Waals surface area contributed by atoms with Crippen LogP contribution in [0.4, 0.5) is 18.3 Å². The Morgan fingerprint density at radius 2 is 0.965 bits per heavy atom. The summed E-state index contributed by atoms with van der Waals surface area (Å²) in [7, 11) is 5.73. The van der Waals surface area contributed by atoms with Crippen molar-refractivity contribution in [3.8, 4) is 74.0 Å². The maximum Gasteiger partial charge on any atom is 0.319 e. The first-order chi connectivity index (χ1) is 52.0. The molecule has 0 saturated heterocycles. The number of benzene rings is 8. The smallest absolute Gasteiger partial charge is 0.319 e. The van der Waals surface area contributed by atoms with E-state index in [1.54, 1.807) is 71.8 Å². The Hall–Kier alpha value is -9.40. The van der Waals surface area contributed by atoms with Crippen molar-refractivity contribution in [3.63, 3.8) is 0 Å². The van der Waals surface area contributed by atoms with Crippen molar-refractivity contribution in [1.29, 1.82) is 0 Å². The monoisotopic (exact) mass is 2450 g/mol. The number of halogens is 3. The van der Waals surface area contributed by atoms with E-state index in [9.17, 15) is 13.2 Å². The van der Waals surface area contributed by atoms with Crippen LogP contribution in [0.3, 0.4) is 0 Å². The largest absolute Gasteiger partial charge is 0.373 e. The number of hydrogen-bond acceptors (Lipinski definition) is 18. The predicted molar refractivity (Wildman–Crippen MR) is 413 cm³/mol. The number of imidazole rings is 2. The summed E-state index contributed by atoms with van der Waals surface area (Å²) >= 11 is 4.07. The average Bonchev–Trinajstić information content (AvgIpc) is 1.70. The zero-order valence-corrected chi connectivity index (χ0v) is 76.7. The van der Waals surface area contributed by atoms with E-state index in [-0.39, 0.29) is 112 Å². The number of hydrogen-bond donors (Lipinski definition) is 0.